The van der Waals surface area contributed by atoms with Gasteiger partial charge < -0.3 is 16.0 Å². The summed E-state index contributed by atoms with van der Waals surface area (Å²) in [5, 5.41) is 9.64. The van der Waals surface area contributed by atoms with Crippen molar-refractivity contribution in [3.63, 3.8) is 0 Å². The molecule has 0 fully saturated rings. The standard InChI is InChI=1S/C30H21Cl4N3O3S/c31-19-9-14-26(25(34)15-19)36-28(38)17-41-21-12-10-20(11-13-21)35-30(40)27(16-22-23(32)7-4-8-24(22)33)37-29(39)18-5-2-1-3-6-18/h1-16H,17H2,(H,35,40)(H,36,38)(H,37,39)/b27-16-. The lowest BCUT2D eigenvalue weighted by molar-refractivity contribution is -0.114. The van der Waals surface area contributed by atoms with Gasteiger partial charge in [-0.1, -0.05) is 70.7 Å². The number of carbonyl (C=O) groups is 3. The number of hydrogen-bond donors (Lipinski definition) is 3. The van der Waals surface area contributed by atoms with Crippen molar-refractivity contribution in [3.05, 3.63) is 128 Å². The Kier molecular flexibility index (Phi) is 10.7. The second-order valence-corrected chi connectivity index (χ2v) is 11.2. The number of benzene rings is 4. The Balaban J connectivity index is 1.43. The van der Waals surface area contributed by atoms with Crippen molar-refractivity contribution < 1.29 is 14.4 Å². The molecule has 11 heteroatoms. The van der Waals surface area contributed by atoms with Crippen molar-refractivity contribution in [3.8, 4) is 0 Å². The van der Waals surface area contributed by atoms with Crippen molar-refractivity contribution in [2.24, 2.45) is 0 Å². The van der Waals surface area contributed by atoms with Gasteiger partial charge in [0.25, 0.3) is 11.8 Å². The van der Waals surface area contributed by atoms with E-state index >= 15 is 0 Å². The molecule has 0 saturated carbocycles. The molecule has 4 aromatic carbocycles. The zero-order valence-electron chi connectivity index (χ0n) is 21.1. The highest BCUT2D eigenvalue weighted by Crippen LogP contribution is 2.28. The molecule has 3 N–H and O–H groups in total. The van der Waals surface area contributed by atoms with Crippen LogP contribution in [0.5, 0.6) is 0 Å². The summed E-state index contributed by atoms with van der Waals surface area (Å²) >= 11 is 25.9. The Hall–Kier alpha value is -3.46. The van der Waals surface area contributed by atoms with Gasteiger partial charge in [0.1, 0.15) is 5.70 Å². The minimum absolute atomic E-state index is 0.0511. The van der Waals surface area contributed by atoms with Crippen LogP contribution in [0.3, 0.4) is 0 Å². The molecule has 41 heavy (non-hydrogen) atoms. The molecule has 4 rings (SSSR count). The molecular formula is C30H21Cl4N3O3S. The third-order valence-corrected chi connectivity index (χ3v) is 7.72. The number of rotatable bonds is 9. The summed E-state index contributed by atoms with van der Waals surface area (Å²) in [4.78, 5) is 39.3. The maximum absolute atomic E-state index is 13.3. The van der Waals surface area contributed by atoms with Gasteiger partial charge in [-0.3, -0.25) is 14.4 Å². The molecule has 6 nitrogen and oxygen atoms in total. The van der Waals surface area contributed by atoms with E-state index in [0.717, 1.165) is 4.90 Å². The lowest BCUT2D eigenvalue weighted by Gasteiger charge is -2.13. The largest absolute Gasteiger partial charge is 0.324 e. The normalized spacial score (nSPS) is 11.1. The van der Waals surface area contributed by atoms with Crippen LogP contribution in [-0.4, -0.2) is 23.5 Å². The average molecular weight is 645 g/mol. The SMILES string of the molecule is O=C(CSc1ccc(NC(=O)/C(=C/c2c(Cl)cccc2Cl)NC(=O)c2ccccc2)cc1)Nc1ccc(Cl)cc1Cl. The summed E-state index contributed by atoms with van der Waals surface area (Å²) in [5.74, 6) is -1.15. The number of anilines is 2. The molecule has 0 saturated heterocycles. The summed E-state index contributed by atoms with van der Waals surface area (Å²) in [7, 11) is 0. The Morgan fingerprint density at radius 2 is 1.41 bits per heavy atom. The molecule has 0 bridgehead atoms. The van der Waals surface area contributed by atoms with Crippen molar-refractivity contribution in [2.75, 3.05) is 16.4 Å². The third-order valence-electron chi connectivity index (χ3n) is 5.50. The van der Waals surface area contributed by atoms with E-state index in [-0.39, 0.29) is 17.4 Å². The van der Waals surface area contributed by atoms with E-state index in [0.29, 0.717) is 42.6 Å². The number of nitrogens with one attached hydrogen (secondary N) is 3. The first-order chi connectivity index (χ1) is 19.7. The molecule has 0 radical (unpaired) electrons. The van der Waals surface area contributed by atoms with Crippen LogP contribution in [0.1, 0.15) is 15.9 Å². The number of carbonyl (C=O) groups excluding carboxylic acids is 3. The van der Waals surface area contributed by atoms with Gasteiger partial charge in [0.2, 0.25) is 5.91 Å². The number of thioether (sulfide) groups is 1. The molecule has 0 aromatic heterocycles. The monoisotopic (exact) mass is 643 g/mol. The quantitative estimate of drug-likeness (QED) is 0.126. The van der Waals surface area contributed by atoms with Crippen molar-refractivity contribution >= 4 is 93.3 Å². The topological polar surface area (TPSA) is 87.3 Å². The average Bonchev–Trinajstić information content (AvgIpc) is 2.96. The van der Waals surface area contributed by atoms with E-state index in [1.54, 1.807) is 91.0 Å². The molecule has 0 aliphatic heterocycles. The number of hydrogen-bond acceptors (Lipinski definition) is 4. The van der Waals surface area contributed by atoms with Crippen LogP contribution in [0.25, 0.3) is 6.08 Å². The maximum Gasteiger partial charge on any atom is 0.272 e. The predicted octanol–water partition coefficient (Wildman–Crippen LogP) is 8.44. The summed E-state index contributed by atoms with van der Waals surface area (Å²) in [6.45, 7) is 0. The highest BCUT2D eigenvalue weighted by Gasteiger charge is 2.17. The minimum atomic E-state index is -0.579. The summed E-state index contributed by atoms with van der Waals surface area (Å²) in [6, 6.07) is 25.2. The van der Waals surface area contributed by atoms with Crippen LogP contribution in [-0.2, 0) is 9.59 Å². The molecule has 0 heterocycles. The molecule has 0 unspecified atom stereocenters. The van der Waals surface area contributed by atoms with Crippen LogP contribution in [0, 0.1) is 0 Å². The fourth-order valence-electron chi connectivity index (χ4n) is 3.49. The summed E-state index contributed by atoms with van der Waals surface area (Å²) in [6.07, 6.45) is 1.43. The Morgan fingerprint density at radius 1 is 0.732 bits per heavy atom. The van der Waals surface area contributed by atoms with Crippen LogP contribution < -0.4 is 16.0 Å². The lowest BCUT2D eigenvalue weighted by atomic mass is 10.1. The van der Waals surface area contributed by atoms with Gasteiger partial charge in [-0.2, -0.15) is 0 Å². The molecular weight excluding hydrogens is 624 g/mol. The van der Waals surface area contributed by atoms with E-state index in [4.69, 9.17) is 46.4 Å². The van der Waals surface area contributed by atoms with Gasteiger partial charge in [0, 0.05) is 36.8 Å². The lowest BCUT2D eigenvalue weighted by Crippen LogP contribution is -2.30. The van der Waals surface area contributed by atoms with Crippen molar-refractivity contribution in [2.45, 2.75) is 4.90 Å². The molecule has 0 aliphatic rings. The highest BCUT2D eigenvalue weighted by atomic mass is 35.5. The maximum atomic E-state index is 13.3. The second kappa shape index (κ2) is 14.4. The molecule has 0 atom stereocenters. The van der Waals surface area contributed by atoms with Crippen LogP contribution >= 0.6 is 58.2 Å². The second-order valence-electron chi connectivity index (χ2n) is 8.45. The fraction of sp³-hybridized carbons (Fsp3) is 0.0333. The van der Waals surface area contributed by atoms with E-state index in [2.05, 4.69) is 16.0 Å². The predicted molar refractivity (Wildman–Crippen MR) is 169 cm³/mol. The summed E-state index contributed by atoms with van der Waals surface area (Å²) in [5.41, 5.74) is 1.66. The molecule has 3 amide bonds. The van der Waals surface area contributed by atoms with Crippen molar-refractivity contribution in [1.82, 2.24) is 5.32 Å². The van der Waals surface area contributed by atoms with E-state index < -0.39 is 11.8 Å². The van der Waals surface area contributed by atoms with Crippen LogP contribution in [0.15, 0.2) is 102 Å². The third kappa shape index (κ3) is 8.76. The zero-order valence-corrected chi connectivity index (χ0v) is 24.9. The van der Waals surface area contributed by atoms with Gasteiger partial charge >= 0.3 is 0 Å². The minimum Gasteiger partial charge on any atom is -0.324 e. The molecule has 4 aromatic rings. The Morgan fingerprint density at radius 3 is 2.07 bits per heavy atom. The molecule has 0 spiro atoms. The van der Waals surface area contributed by atoms with E-state index in [1.165, 1.54) is 17.8 Å². The highest BCUT2D eigenvalue weighted by molar-refractivity contribution is 8.00. The molecule has 208 valence electrons. The van der Waals surface area contributed by atoms with Gasteiger partial charge in [-0.15, -0.1) is 11.8 Å². The molecule has 0 aliphatic carbocycles. The Labute approximate surface area is 261 Å². The zero-order chi connectivity index (χ0) is 29.4. The van der Waals surface area contributed by atoms with Gasteiger partial charge in [-0.05, 0) is 72.8 Å². The first kappa shape index (κ1) is 30.5. The smallest absolute Gasteiger partial charge is 0.272 e. The number of halogens is 4. The first-order valence-corrected chi connectivity index (χ1v) is 14.5. The number of amides is 3. The van der Waals surface area contributed by atoms with E-state index in [1.807, 2.05) is 0 Å². The van der Waals surface area contributed by atoms with Crippen molar-refractivity contribution in [1.29, 1.82) is 0 Å². The first-order valence-electron chi connectivity index (χ1n) is 12.0. The van der Waals surface area contributed by atoms with Gasteiger partial charge in [0.15, 0.2) is 0 Å². The van der Waals surface area contributed by atoms with Crippen LogP contribution in [0.4, 0.5) is 11.4 Å². The fourth-order valence-corrected chi connectivity index (χ4v) is 5.16. The van der Waals surface area contributed by atoms with Gasteiger partial charge in [-0.25, -0.2) is 0 Å². The van der Waals surface area contributed by atoms with Crippen LogP contribution in [0.2, 0.25) is 20.1 Å². The Bertz CT molecular complexity index is 1590. The van der Waals surface area contributed by atoms with E-state index in [9.17, 15) is 14.4 Å². The summed E-state index contributed by atoms with van der Waals surface area (Å²) < 4.78 is 0. The van der Waals surface area contributed by atoms with Gasteiger partial charge in [0.05, 0.1) is 16.5 Å².